The van der Waals surface area contributed by atoms with Crippen LogP contribution in [-0.2, 0) is 0 Å². The lowest BCUT2D eigenvalue weighted by Gasteiger charge is -2.35. The van der Waals surface area contributed by atoms with E-state index in [2.05, 4.69) is 4.90 Å². The van der Waals surface area contributed by atoms with Crippen LogP contribution in [0.1, 0.15) is 19.3 Å². The third-order valence-electron chi connectivity index (χ3n) is 4.31. The number of benzene rings is 1. The zero-order valence-corrected chi connectivity index (χ0v) is 12.0. The highest BCUT2D eigenvalue weighted by Crippen LogP contribution is 2.31. The van der Waals surface area contributed by atoms with Crippen molar-refractivity contribution in [2.75, 3.05) is 32.8 Å². The normalized spacial score (nSPS) is 23.8. The van der Waals surface area contributed by atoms with Crippen LogP contribution in [0.2, 0.25) is 0 Å². The van der Waals surface area contributed by atoms with Crippen LogP contribution in [0.25, 0.3) is 0 Å². The zero-order valence-electron chi connectivity index (χ0n) is 12.0. The van der Waals surface area contributed by atoms with Gasteiger partial charge in [0.1, 0.15) is 12.7 Å². The van der Waals surface area contributed by atoms with Crippen LogP contribution in [0.4, 0.5) is 0 Å². The van der Waals surface area contributed by atoms with Gasteiger partial charge in [0.25, 0.3) is 0 Å². The quantitative estimate of drug-likeness (QED) is 0.912. The van der Waals surface area contributed by atoms with Gasteiger partial charge in [0.2, 0.25) is 0 Å². The summed E-state index contributed by atoms with van der Waals surface area (Å²) in [5.41, 5.74) is 5.64. The number of para-hydroxylation sites is 2. The van der Waals surface area contributed by atoms with Gasteiger partial charge >= 0.3 is 0 Å². The second-order valence-corrected chi connectivity index (χ2v) is 5.82. The zero-order chi connectivity index (χ0) is 13.8. The number of nitrogens with zero attached hydrogens (tertiary/aromatic N) is 1. The first-order valence-electron chi connectivity index (χ1n) is 7.66. The molecule has 1 aromatic rings. The summed E-state index contributed by atoms with van der Waals surface area (Å²) in [6.45, 7) is 4.75. The lowest BCUT2D eigenvalue weighted by Crippen LogP contribution is -2.44. The molecule has 0 radical (unpaired) electrons. The van der Waals surface area contributed by atoms with Crippen molar-refractivity contribution in [3.63, 3.8) is 0 Å². The molecule has 3 rings (SSSR count). The van der Waals surface area contributed by atoms with Crippen molar-refractivity contribution in [3.05, 3.63) is 24.3 Å². The molecule has 4 nitrogen and oxygen atoms in total. The average Bonchev–Trinajstić information content (AvgIpc) is 2.49. The maximum Gasteiger partial charge on any atom is 0.161 e. The van der Waals surface area contributed by atoms with E-state index in [1.165, 1.54) is 19.3 Å². The van der Waals surface area contributed by atoms with Gasteiger partial charge in [-0.25, -0.2) is 0 Å². The molecule has 1 fully saturated rings. The van der Waals surface area contributed by atoms with Crippen LogP contribution >= 0.6 is 0 Å². The second-order valence-electron chi connectivity index (χ2n) is 5.82. The highest BCUT2D eigenvalue weighted by atomic mass is 16.6. The maximum absolute atomic E-state index is 6.02. The van der Waals surface area contributed by atoms with Crippen molar-refractivity contribution in [2.45, 2.75) is 25.4 Å². The number of likely N-dealkylation sites (tertiary alicyclic amines) is 1. The van der Waals surface area contributed by atoms with Crippen molar-refractivity contribution >= 4 is 0 Å². The molecule has 1 saturated heterocycles. The van der Waals surface area contributed by atoms with E-state index in [-0.39, 0.29) is 6.10 Å². The predicted octanol–water partition coefficient (Wildman–Crippen LogP) is 1.89. The number of ether oxygens (including phenoxy) is 2. The van der Waals surface area contributed by atoms with Gasteiger partial charge in [0.15, 0.2) is 11.5 Å². The third kappa shape index (κ3) is 3.25. The third-order valence-corrected chi connectivity index (χ3v) is 4.31. The molecule has 0 unspecified atom stereocenters. The maximum atomic E-state index is 6.02. The molecule has 0 bridgehead atoms. The summed E-state index contributed by atoms with van der Waals surface area (Å²) in [7, 11) is 0. The van der Waals surface area contributed by atoms with Gasteiger partial charge in [-0.2, -0.15) is 0 Å². The molecule has 2 aliphatic heterocycles. The summed E-state index contributed by atoms with van der Waals surface area (Å²) >= 11 is 0. The molecule has 2 N–H and O–H groups in total. The molecule has 0 amide bonds. The first kappa shape index (κ1) is 13.7. The van der Waals surface area contributed by atoms with Crippen molar-refractivity contribution in [3.8, 4) is 11.5 Å². The van der Waals surface area contributed by atoms with E-state index in [0.717, 1.165) is 43.6 Å². The predicted molar refractivity (Wildman–Crippen MR) is 79.2 cm³/mol. The number of piperidine rings is 1. The lowest BCUT2D eigenvalue weighted by atomic mass is 9.93. The van der Waals surface area contributed by atoms with E-state index in [9.17, 15) is 0 Å². The first-order chi connectivity index (χ1) is 9.85. The minimum absolute atomic E-state index is 0.149. The van der Waals surface area contributed by atoms with E-state index >= 15 is 0 Å². The Hall–Kier alpha value is -1.26. The monoisotopic (exact) mass is 276 g/mol. The van der Waals surface area contributed by atoms with Crippen molar-refractivity contribution < 1.29 is 9.47 Å². The van der Waals surface area contributed by atoms with Crippen LogP contribution in [0.3, 0.4) is 0 Å². The molecule has 1 atom stereocenters. The summed E-state index contributed by atoms with van der Waals surface area (Å²) < 4.78 is 11.8. The van der Waals surface area contributed by atoms with Gasteiger partial charge in [-0.3, -0.25) is 4.90 Å². The summed E-state index contributed by atoms with van der Waals surface area (Å²) in [6, 6.07) is 7.91. The molecule has 2 aliphatic rings. The summed E-state index contributed by atoms with van der Waals surface area (Å²) in [4.78, 5) is 2.50. The Morgan fingerprint density at radius 3 is 2.65 bits per heavy atom. The summed E-state index contributed by atoms with van der Waals surface area (Å²) in [5, 5.41) is 0. The van der Waals surface area contributed by atoms with E-state index in [0.29, 0.717) is 6.61 Å². The SMILES string of the molecule is NCCC1CCN(C[C@H]2COc3ccccc3O2)CC1. The number of hydrogen-bond donors (Lipinski definition) is 1. The fourth-order valence-corrected chi connectivity index (χ4v) is 3.13. The fourth-order valence-electron chi connectivity index (χ4n) is 3.13. The van der Waals surface area contributed by atoms with E-state index < -0.39 is 0 Å². The van der Waals surface area contributed by atoms with Gasteiger partial charge in [-0.15, -0.1) is 0 Å². The summed E-state index contributed by atoms with van der Waals surface area (Å²) in [5.74, 6) is 2.56. The largest absolute Gasteiger partial charge is 0.486 e. The van der Waals surface area contributed by atoms with Gasteiger partial charge in [-0.1, -0.05) is 12.1 Å². The van der Waals surface area contributed by atoms with Crippen LogP contribution in [-0.4, -0.2) is 43.8 Å². The van der Waals surface area contributed by atoms with Crippen LogP contribution in [0.15, 0.2) is 24.3 Å². The molecule has 0 aromatic heterocycles. The van der Waals surface area contributed by atoms with Crippen molar-refractivity contribution in [1.29, 1.82) is 0 Å². The molecule has 110 valence electrons. The van der Waals surface area contributed by atoms with Crippen molar-refractivity contribution in [1.82, 2.24) is 4.90 Å². The molecule has 20 heavy (non-hydrogen) atoms. The summed E-state index contributed by atoms with van der Waals surface area (Å²) in [6.07, 6.45) is 3.85. The molecule has 0 saturated carbocycles. The number of rotatable bonds is 4. The minimum atomic E-state index is 0.149. The van der Waals surface area contributed by atoms with Gasteiger partial charge in [-0.05, 0) is 56.9 Å². The highest BCUT2D eigenvalue weighted by Gasteiger charge is 2.25. The molecule has 4 heteroatoms. The van der Waals surface area contributed by atoms with E-state index in [4.69, 9.17) is 15.2 Å². The smallest absolute Gasteiger partial charge is 0.161 e. The fraction of sp³-hybridized carbons (Fsp3) is 0.625. The number of nitrogens with two attached hydrogens (primary N) is 1. The number of hydrogen-bond acceptors (Lipinski definition) is 4. The standard InChI is InChI=1S/C16H24N2O2/c17-8-5-13-6-9-18(10-7-13)11-14-12-19-15-3-1-2-4-16(15)20-14/h1-4,13-14H,5-12,17H2/t14-/m0/s1. The Bertz CT molecular complexity index is 430. The van der Waals surface area contributed by atoms with Gasteiger partial charge in [0.05, 0.1) is 0 Å². The van der Waals surface area contributed by atoms with Gasteiger partial charge < -0.3 is 15.2 Å². The Morgan fingerprint density at radius 1 is 1.15 bits per heavy atom. The first-order valence-corrected chi connectivity index (χ1v) is 7.66. The van der Waals surface area contributed by atoms with Gasteiger partial charge in [0, 0.05) is 6.54 Å². The Labute approximate surface area is 120 Å². The highest BCUT2D eigenvalue weighted by molar-refractivity contribution is 5.40. The molecule has 1 aromatic carbocycles. The Balaban J connectivity index is 1.48. The average molecular weight is 276 g/mol. The molecular formula is C16H24N2O2. The number of fused-ring (bicyclic) bond motifs is 1. The molecular weight excluding hydrogens is 252 g/mol. The molecule has 0 aliphatic carbocycles. The van der Waals surface area contributed by atoms with Crippen LogP contribution < -0.4 is 15.2 Å². The molecule has 2 heterocycles. The second kappa shape index (κ2) is 6.46. The van der Waals surface area contributed by atoms with E-state index in [1.54, 1.807) is 0 Å². The Morgan fingerprint density at radius 2 is 1.90 bits per heavy atom. The minimum Gasteiger partial charge on any atom is -0.486 e. The van der Waals surface area contributed by atoms with Crippen molar-refractivity contribution in [2.24, 2.45) is 11.7 Å². The van der Waals surface area contributed by atoms with Crippen LogP contribution in [0, 0.1) is 5.92 Å². The topological polar surface area (TPSA) is 47.7 Å². The Kier molecular flexibility index (Phi) is 4.43. The van der Waals surface area contributed by atoms with E-state index in [1.807, 2.05) is 24.3 Å². The molecule has 0 spiro atoms. The lowest BCUT2D eigenvalue weighted by molar-refractivity contribution is 0.0474. The van der Waals surface area contributed by atoms with Crippen LogP contribution in [0.5, 0.6) is 11.5 Å².